The van der Waals surface area contributed by atoms with Gasteiger partial charge < -0.3 is 20.7 Å². The topological polar surface area (TPSA) is 74.8 Å². The number of ether oxygens (including phenoxy) is 1. The summed E-state index contributed by atoms with van der Waals surface area (Å²) in [6, 6.07) is 10.4. The second kappa shape index (κ2) is 11.0. The van der Waals surface area contributed by atoms with Crippen LogP contribution >= 0.6 is 0 Å². The Morgan fingerprint density at radius 2 is 1.97 bits per heavy atom. The Balaban J connectivity index is 1.92. The highest BCUT2D eigenvalue weighted by molar-refractivity contribution is 5.80. The lowest BCUT2D eigenvalue weighted by Gasteiger charge is -2.19. The average Bonchev–Trinajstić information content (AvgIpc) is 2.70. The zero-order valence-corrected chi connectivity index (χ0v) is 16.8. The summed E-state index contributed by atoms with van der Waals surface area (Å²) in [5, 5.41) is 8.88. The van der Waals surface area contributed by atoms with Gasteiger partial charge in [0.15, 0.2) is 12.6 Å². The van der Waals surface area contributed by atoms with Gasteiger partial charge in [0.25, 0.3) is 5.91 Å². The first-order valence-electron chi connectivity index (χ1n) is 9.33. The van der Waals surface area contributed by atoms with E-state index in [1.165, 1.54) is 12.1 Å². The molecule has 0 aliphatic carbocycles. The minimum atomic E-state index is -0.616. The number of amides is 1. The van der Waals surface area contributed by atoms with Gasteiger partial charge in [0.05, 0.1) is 6.04 Å². The first-order valence-corrected chi connectivity index (χ1v) is 9.33. The molecule has 0 aromatic heterocycles. The van der Waals surface area contributed by atoms with Crippen molar-refractivity contribution in [2.24, 2.45) is 4.99 Å². The van der Waals surface area contributed by atoms with Crippen LogP contribution in [0.5, 0.6) is 5.75 Å². The minimum absolute atomic E-state index is 0.0469. The molecule has 0 fully saturated rings. The highest BCUT2D eigenvalue weighted by atomic mass is 19.1. The lowest BCUT2D eigenvalue weighted by atomic mass is 10.1. The maximum absolute atomic E-state index is 13.9. The van der Waals surface area contributed by atoms with Gasteiger partial charge in [-0.05, 0) is 37.6 Å². The fraction of sp³-hybridized carbons (Fsp3) is 0.333. The Kier molecular flexibility index (Phi) is 8.39. The second-order valence-corrected chi connectivity index (χ2v) is 6.35. The molecule has 0 spiro atoms. The quantitative estimate of drug-likeness (QED) is 0.467. The Hall–Kier alpha value is -3.16. The molecule has 0 bridgehead atoms. The van der Waals surface area contributed by atoms with E-state index >= 15 is 0 Å². The third kappa shape index (κ3) is 7.06. The largest absolute Gasteiger partial charge is 0.484 e. The van der Waals surface area contributed by atoms with Crippen molar-refractivity contribution in [3.05, 3.63) is 65.2 Å². The highest BCUT2D eigenvalue weighted by Crippen LogP contribution is 2.18. The summed E-state index contributed by atoms with van der Waals surface area (Å²) in [7, 11) is 1.61. The number of nitrogens with one attached hydrogen (secondary N) is 3. The van der Waals surface area contributed by atoms with Crippen LogP contribution in [0.1, 0.15) is 31.0 Å². The summed E-state index contributed by atoms with van der Waals surface area (Å²) in [4.78, 5) is 15.6. The predicted molar refractivity (Wildman–Crippen MR) is 109 cm³/mol. The molecule has 0 aliphatic rings. The summed E-state index contributed by atoms with van der Waals surface area (Å²) in [5.74, 6) is -0.356. The number of hydrogen-bond acceptors (Lipinski definition) is 3. The van der Waals surface area contributed by atoms with E-state index in [0.717, 1.165) is 11.6 Å². The van der Waals surface area contributed by atoms with Gasteiger partial charge in [0.2, 0.25) is 0 Å². The highest BCUT2D eigenvalue weighted by Gasteiger charge is 2.13. The van der Waals surface area contributed by atoms with Gasteiger partial charge in [-0.1, -0.05) is 18.2 Å². The van der Waals surface area contributed by atoms with E-state index < -0.39 is 17.7 Å². The summed E-state index contributed by atoms with van der Waals surface area (Å²) in [5.41, 5.74) is 1.26. The number of aliphatic imine (C=N–C) groups is 1. The van der Waals surface area contributed by atoms with E-state index in [1.807, 2.05) is 25.1 Å². The van der Waals surface area contributed by atoms with Gasteiger partial charge >= 0.3 is 0 Å². The van der Waals surface area contributed by atoms with Crippen molar-refractivity contribution < 1.29 is 18.3 Å². The lowest BCUT2D eigenvalue weighted by Crippen LogP contribution is -2.38. The second-order valence-electron chi connectivity index (χ2n) is 6.35. The van der Waals surface area contributed by atoms with Crippen molar-refractivity contribution in [3.8, 4) is 5.75 Å². The van der Waals surface area contributed by atoms with Crippen LogP contribution in [0.3, 0.4) is 0 Å². The van der Waals surface area contributed by atoms with Crippen molar-refractivity contribution in [2.45, 2.75) is 26.4 Å². The Bertz CT molecular complexity index is 858. The molecule has 6 nitrogen and oxygen atoms in total. The predicted octanol–water partition coefficient (Wildman–Crippen LogP) is 2.91. The number of benzene rings is 2. The Labute approximate surface area is 169 Å². The molecule has 29 heavy (non-hydrogen) atoms. The maximum Gasteiger partial charge on any atom is 0.257 e. The third-order valence-corrected chi connectivity index (χ3v) is 4.11. The molecule has 0 aliphatic heterocycles. The molecule has 3 N–H and O–H groups in total. The molecule has 0 radical (unpaired) electrons. The summed E-state index contributed by atoms with van der Waals surface area (Å²) in [6.07, 6.45) is 0. The fourth-order valence-electron chi connectivity index (χ4n) is 2.66. The van der Waals surface area contributed by atoms with Crippen LogP contribution < -0.4 is 20.7 Å². The standard InChI is InChI=1S/C21H26F2N4O2/c1-4-25-20(28)13-29-17-7-5-6-15(10-17)12-26-21(24-3)27-14(2)18-9-8-16(22)11-19(18)23/h5-11,14H,4,12-13H2,1-3H3,(H,25,28)(H2,24,26,27). The first-order chi connectivity index (χ1) is 13.9. The van der Waals surface area contributed by atoms with E-state index in [9.17, 15) is 13.6 Å². The lowest BCUT2D eigenvalue weighted by molar-refractivity contribution is -0.122. The molecule has 1 atom stereocenters. The molecule has 0 heterocycles. The van der Waals surface area contributed by atoms with E-state index in [2.05, 4.69) is 20.9 Å². The van der Waals surface area contributed by atoms with Crippen LogP contribution in [0.4, 0.5) is 8.78 Å². The molecule has 0 saturated carbocycles. The van der Waals surface area contributed by atoms with E-state index in [-0.39, 0.29) is 12.5 Å². The molecular weight excluding hydrogens is 378 g/mol. The van der Waals surface area contributed by atoms with Crippen molar-refractivity contribution in [2.75, 3.05) is 20.2 Å². The molecule has 1 unspecified atom stereocenters. The van der Waals surface area contributed by atoms with E-state index in [0.29, 0.717) is 30.4 Å². The number of guanidine groups is 1. The summed E-state index contributed by atoms with van der Waals surface area (Å²) in [6.45, 7) is 4.55. The molecule has 156 valence electrons. The number of carbonyl (C=O) groups is 1. The minimum Gasteiger partial charge on any atom is -0.484 e. The maximum atomic E-state index is 13.9. The normalized spacial score (nSPS) is 12.2. The smallest absolute Gasteiger partial charge is 0.257 e. The van der Waals surface area contributed by atoms with Gasteiger partial charge in [0.1, 0.15) is 17.4 Å². The van der Waals surface area contributed by atoms with E-state index in [1.54, 1.807) is 20.0 Å². The molecule has 2 aromatic carbocycles. The monoisotopic (exact) mass is 404 g/mol. The van der Waals surface area contributed by atoms with Gasteiger partial charge in [-0.25, -0.2) is 8.78 Å². The van der Waals surface area contributed by atoms with Crippen molar-refractivity contribution in [1.82, 2.24) is 16.0 Å². The number of likely N-dealkylation sites (N-methyl/N-ethyl adjacent to an activating group) is 1. The van der Waals surface area contributed by atoms with Gasteiger partial charge in [-0.15, -0.1) is 0 Å². The number of rotatable bonds is 8. The molecule has 1 amide bonds. The number of carbonyl (C=O) groups excluding carboxylic acids is 1. The first kappa shape index (κ1) is 22.1. The number of halogens is 2. The molecule has 2 rings (SSSR count). The zero-order valence-electron chi connectivity index (χ0n) is 16.8. The third-order valence-electron chi connectivity index (χ3n) is 4.11. The van der Waals surface area contributed by atoms with Crippen LogP contribution in [-0.2, 0) is 11.3 Å². The van der Waals surface area contributed by atoms with Crippen LogP contribution in [0, 0.1) is 11.6 Å². The van der Waals surface area contributed by atoms with Crippen molar-refractivity contribution in [1.29, 1.82) is 0 Å². The molecule has 2 aromatic rings. The average molecular weight is 404 g/mol. The van der Waals surface area contributed by atoms with Crippen LogP contribution in [-0.4, -0.2) is 32.1 Å². The Morgan fingerprint density at radius 1 is 1.17 bits per heavy atom. The zero-order chi connectivity index (χ0) is 21.2. The van der Waals surface area contributed by atoms with Crippen LogP contribution in [0.2, 0.25) is 0 Å². The Morgan fingerprint density at radius 3 is 2.66 bits per heavy atom. The van der Waals surface area contributed by atoms with Crippen LogP contribution in [0.15, 0.2) is 47.5 Å². The van der Waals surface area contributed by atoms with Crippen LogP contribution in [0.25, 0.3) is 0 Å². The molecule has 0 saturated heterocycles. The van der Waals surface area contributed by atoms with Gasteiger partial charge in [-0.2, -0.15) is 0 Å². The van der Waals surface area contributed by atoms with Gasteiger partial charge in [0, 0.05) is 31.8 Å². The fourth-order valence-corrected chi connectivity index (χ4v) is 2.66. The van der Waals surface area contributed by atoms with Crippen molar-refractivity contribution in [3.63, 3.8) is 0 Å². The van der Waals surface area contributed by atoms with Crippen molar-refractivity contribution >= 4 is 11.9 Å². The number of nitrogens with zero attached hydrogens (tertiary/aromatic N) is 1. The van der Waals surface area contributed by atoms with Gasteiger partial charge in [-0.3, -0.25) is 9.79 Å². The summed E-state index contributed by atoms with van der Waals surface area (Å²) < 4.78 is 32.5. The molecular formula is C21H26F2N4O2. The number of hydrogen-bond donors (Lipinski definition) is 3. The molecule has 8 heteroatoms. The van der Waals surface area contributed by atoms with E-state index in [4.69, 9.17) is 4.74 Å². The SMILES string of the molecule is CCNC(=O)COc1cccc(CNC(=NC)NC(C)c2ccc(F)cc2F)c1. The summed E-state index contributed by atoms with van der Waals surface area (Å²) >= 11 is 0.